The van der Waals surface area contributed by atoms with Gasteiger partial charge < -0.3 is 15.1 Å². The summed E-state index contributed by atoms with van der Waals surface area (Å²) >= 11 is 0. The first kappa shape index (κ1) is 12.8. The number of furan rings is 1. The van der Waals surface area contributed by atoms with Crippen LogP contribution in [-0.4, -0.2) is 24.4 Å². The van der Waals surface area contributed by atoms with Gasteiger partial charge >= 0.3 is 11.8 Å². The molecule has 6 heteroatoms. The van der Waals surface area contributed by atoms with E-state index in [-0.39, 0.29) is 12.6 Å². The molecule has 0 aliphatic heterocycles. The molecule has 0 fully saturated rings. The number of amides is 2. The molecular weight excluding hydrogens is 222 g/mol. The summed E-state index contributed by atoms with van der Waals surface area (Å²) in [6, 6.07) is 5.04. The van der Waals surface area contributed by atoms with Crippen molar-refractivity contribution in [1.82, 2.24) is 10.6 Å². The maximum atomic E-state index is 11.3. The second-order valence-electron chi connectivity index (χ2n) is 3.50. The summed E-state index contributed by atoms with van der Waals surface area (Å²) in [7, 11) is 0. The third-order valence-electron chi connectivity index (χ3n) is 2.00. The summed E-state index contributed by atoms with van der Waals surface area (Å²) in [5.41, 5.74) is 0. The second-order valence-corrected chi connectivity index (χ2v) is 3.50. The zero-order chi connectivity index (χ0) is 12.7. The smallest absolute Gasteiger partial charge is 0.310 e. The molecule has 1 heterocycles. The van der Waals surface area contributed by atoms with Crippen LogP contribution in [0.1, 0.15) is 12.7 Å². The number of carbonyl (C=O) groups excluding carboxylic acids is 2. The van der Waals surface area contributed by atoms with Gasteiger partial charge in [0.15, 0.2) is 0 Å². The van der Waals surface area contributed by atoms with Gasteiger partial charge in [0.05, 0.1) is 12.3 Å². The molecule has 17 heavy (non-hydrogen) atoms. The average molecular weight is 235 g/mol. The fourth-order valence-electron chi connectivity index (χ4n) is 1.27. The Morgan fingerprint density at radius 3 is 2.88 bits per heavy atom. The fraction of sp³-hybridized carbons (Fsp3) is 0.364. The van der Waals surface area contributed by atoms with Crippen molar-refractivity contribution < 1.29 is 14.0 Å². The van der Waals surface area contributed by atoms with Crippen LogP contribution >= 0.6 is 0 Å². The number of nitriles is 1. The molecule has 0 bridgehead atoms. The van der Waals surface area contributed by atoms with E-state index in [1.165, 1.54) is 0 Å². The quantitative estimate of drug-likeness (QED) is 0.565. The minimum Gasteiger partial charge on any atom is -0.469 e. The molecule has 0 spiro atoms. The van der Waals surface area contributed by atoms with E-state index in [0.717, 1.165) is 5.76 Å². The van der Waals surface area contributed by atoms with Crippen molar-refractivity contribution in [2.45, 2.75) is 19.4 Å². The van der Waals surface area contributed by atoms with Crippen LogP contribution in [0.4, 0.5) is 0 Å². The van der Waals surface area contributed by atoms with Gasteiger partial charge in [-0.3, -0.25) is 9.59 Å². The summed E-state index contributed by atoms with van der Waals surface area (Å²) in [5, 5.41) is 12.9. The molecule has 0 radical (unpaired) electrons. The van der Waals surface area contributed by atoms with Gasteiger partial charge in [-0.25, -0.2) is 0 Å². The highest BCUT2D eigenvalue weighted by Crippen LogP contribution is 2.03. The van der Waals surface area contributed by atoms with E-state index >= 15 is 0 Å². The maximum absolute atomic E-state index is 11.3. The molecule has 2 amide bonds. The molecule has 1 atom stereocenters. The number of hydrogen-bond acceptors (Lipinski definition) is 4. The predicted octanol–water partition coefficient (Wildman–Crippen LogP) is -0.0334. The van der Waals surface area contributed by atoms with Crippen molar-refractivity contribution in [1.29, 1.82) is 5.26 Å². The van der Waals surface area contributed by atoms with E-state index < -0.39 is 11.8 Å². The van der Waals surface area contributed by atoms with Crippen LogP contribution < -0.4 is 10.6 Å². The Labute approximate surface area is 98.6 Å². The SMILES string of the molecule is CC(Cc1ccco1)NC(=O)C(=O)NCC#N. The highest BCUT2D eigenvalue weighted by molar-refractivity contribution is 6.35. The summed E-state index contributed by atoms with van der Waals surface area (Å²) in [6.45, 7) is 1.58. The van der Waals surface area contributed by atoms with Gasteiger partial charge in [0.25, 0.3) is 0 Å². The second kappa shape index (κ2) is 6.33. The van der Waals surface area contributed by atoms with Gasteiger partial charge in [-0.2, -0.15) is 5.26 Å². The van der Waals surface area contributed by atoms with Crippen LogP contribution in [0.2, 0.25) is 0 Å². The molecule has 6 nitrogen and oxygen atoms in total. The van der Waals surface area contributed by atoms with Crippen LogP contribution in [0, 0.1) is 11.3 Å². The lowest BCUT2D eigenvalue weighted by molar-refractivity contribution is -0.139. The zero-order valence-electron chi connectivity index (χ0n) is 9.40. The van der Waals surface area contributed by atoms with Gasteiger partial charge in [0, 0.05) is 12.5 Å². The minimum atomic E-state index is -0.808. The highest BCUT2D eigenvalue weighted by atomic mass is 16.3. The van der Waals surface area contributed by atoms with Gasteiger partial charge in [0.1, 0.15) is 12.3 Å². The first-order valence-corrected chi connectivity index (χ1v) is 5.11. The van der Waals surface area contributed by atoms with Crippen molar-refractivity contribution in [3.8, 4) is 6.07 Å². The van der Waals surface area contributed by atoms with Crippen LogP contribution in [0.3, 0.4) is 0 Å². The lowest BCUT2D eigenvalue weighted by Crippen LogP contribution is -2.44. The summed E-state index contributed by atoms with van der Waals surface area (Å²) < 4.78 is 5.12. The van der Waals surface area contributed by atoms with Crippen molar-refractivity contribution in [2.75, 3.05) is 6.54 Å². The van der Waals surface area contributed by atoms with E-state index in [4.69, 9.17) is 9.68 Å². The maximum Gasteiger partial charge on any atom is 0.310 e. The third kappa shape index (κ3) is 4.38. The highest BCUT2D eigenvalue weighted by Gasteiger charge is 2.16. The van der Waals surface area contributed by atoms with Crippen LogP contribution in [-0.2, 0) is 16.0 Å². The average Bonchev–Trinajstić information content (AvgIpc) is 2.78. The molecule has 90 valence electrons. The van der Waals surface area contributed by atoms with E-state index in [9.17, 15) is 9.59 Å². The van der Waals surface area contributed by atoms with Gasteiger partial charge in [-0.1, -0.05) is 0 Å². The normalized spacial score (nSPS) is 11.3. The molecule has 0 aliphatic carbocycles. The van der Waals surface area contributed by atoms with Crippen molar-refractivity contribution in [3.63, 3.8) is 0 Å². The van der Waals surface area contributed by atoms with Gasteiger partial charge in [0.2, 0.25) is 0 Å². The Morgan fingerprint density at radius 1 is 1.53 bits per heavy atom. The Morgan fingerprint density at radius 2 is 2.29 bits per heavy atom. The minimum absolute atomic E-state index is 0.182. The molecule has 0 aromatic carbocycles. The third-order valence-corrected chi connectivity index (χ3v) is 2.00. The lowest BCUT2D eigenvalue weighted by Gasteiger charge is -2.11. The summed E-state index contributed by atoms with van der Waals surface area (Å²) in [4.78, 5) is 22.5. The molecule has 1 aromatic heterocycles. The Bertz CT molecular complexity index is 420. The van der Waals surface area contributed by atoms with E-state index in [0.29, 0.717) is 6.42 Å². The first-order chi connectivity index (χ1) is 8.13. The van der Waals surface area contributed by atoms with E-state index in [1.54, 1.807) is 31.4 Å². The molecule has 0 aliphatic rings. The summed E-state index contributed by atoms with van der Waals surface area (Å²) in [6.07, 6.45) is 2.05. The van der Waals surface area contributed by atoms with Crippen molar-refractivity contribution >= 4 is 11.8 Å². The Balaban J connectivity index is 2.35. The number of hydrogen-bond donors (Lipinski definition) is 2. The van der Waals surface area contributed by atoms with Crippen molar-refractivity contribution in [3.05, 3.63) is 24.2 Å². The van der Waals surface area contributed by atoms with Crippen LogP contribution in [0.25, 0.3) is 0 Å². The predicted molar refractivity (Wildman–Crippen MR) is 58.6 cm³/mol. The topological polar surface area (TPSA) is 95.1 Å². The molecule has 0 saturated carbocycles. The lowest BCUT2D eigenvalue weighted by atomic mass is 10.2. The van der Waals surface area contributed by atoms with Gasteiger partial charge in [-0.15, -0.1) is 0 Å². The standard InChI is InChI=1S/C11H13N3O3/c1-8(7-9-3-2-6-17-9)14-11(16)10(15)13-5-4-12/h2-3,6,8H,5,7H2,1H3,(H,13,15)(H,14,16). The van der Waals surface area contributed by atoms with Crippen LogP contribution in [0.15, 0.2) is 22.8 Å². The summed E-state index contributed by atoms with van der Waals surface area (Å²) in [5.74, 6) is -0.826. The van der Waals surface area contributed by atoms with E-state index in [1.807, 2.05) is 0 Å². The Kier molecular flexibility index (Phi) is 4.76. The van der Waals surface area contributed by atoms with Crippen LogP contribution in [0.5, 0.6) is 0 Å². The largest absolute Gasteiger partial charge is 0.469 e. The number of carbonyl (C=O) groups is 2. The van der Waals surface area contributed by atoms with E-state index in [2.05, 4.69) is 10.6 Å². The van der Waals surface area contributed by atoms with Crippen molar-refractivity contribution in [2.24, 2.45) is 0 Å². The fourth-order valence-corrected chi connectivity index (χ4v) is 1.27. The monoisotopic (exact) mass is 235 g/mol. The number of nitrogens with one attached hydrogen (secondary N) is 2. The van der Waals surface area contributed by atoms with Gasteiger partial charge in [-0.05, 0) is 19.1 Å². The number of rotatable bonds is 4. The molecule has 2 N–H and O–H groups in total. The molecule has 0 saturated heterocycles. The first-order valence-electron chi connectivity index (χ1n) is 5.11. The molecular formula is C11H13N3O3. The molecule has 1 unspecified atom stereocenters. The zero-order valence-corrected chi connectivity index (χ0v) is 9.40. The molecule has 1 rings (SSSR count). The molecule has 1 aromatic rings. The number of nitrogens with zero attached hydrogens (tertiary/aromatic N) is 1. The Hall–Kier alpha value is -2.29.